The maximum absolute atomic E-state index is 13.4. The van der Waals surface area contributed by atoms with Crippen molar-refractivity contribution in [2.75, 3.05) is 19.7 Å². The number of ether oxygens (including phenoxy) is 1. The van der Waals surface area contributed by atoms with Gasteiger partial charge in [0.1, 0.15) is 18.1 Å². The third-order valence-electron chi connectivity index (χ3n) is 5.44. The van der Waals surface area contributed by atoms with Gasteiger partial charge in [0, 0.05) is 6.54 Å². The first-order valence-electron chi connectivity index (χ1n) is 10.5. The summed E-state index contributed by atoms with van der Waals surface area (Å²) >= 11 is 0. The fourth-order valence-corrected chi connectivity index (χ4v) is 3.97. The van der Waals surface area contributed by atoms with E-state index < -0.39 is 29.8 Å². The second kappa shape index (κ2) is 9.13. The van der Waals surface area contributed by atoms with Crippen molar-refractivity contribution in [1.29, 1.82) is 0 Å². The number of urea groups is 1. The average Bonchev–Trinajstić information content (AvgIpc) is 3.43. The van der Waals surface area contributed by atoms with Crippen LogP contribution in [-0.4, -0.2) is 41.6 Å². The number of carbonyl (C=O) groups excluding carboxylic acids is 2. The van der Waals surface area contributed by atoms with Crippen LogP contribution in [0.3, 0.4) is 0 Å². The van der Waals surface area contributed by atoms with Crippen LogP contribution >= 0.6 is 0 Å². The van der Waals surface area contributed by atoms with Gasteiger partial charge in [-0.3, -0.25) is 4.79 Å². The number of benzene rings is 2. The monoisotopic (exact) mass is 461 g/mol. The topological polar surface area (TPSA) is 84.7 Å². The van der Waals surface area contributed by atoms with Crippen LogP contribution in [0.2, 0.25) is 0 Å². The van der Waals surface area contributed by atoms with E-state index in [1.807, 2.05) is 0 Å². The number of esters is 1. The third-order valence-corrected chi connectivity index (χ3v) is 5.44. The highest BCUT2D eigenvalue weighted by atomic mass is 19.4. The molecule has 2 amide bonds. The van der Waals surface area contributed by atoms with Crippen LogP contribution in [0.15, 0.2) is 46.9 Å². The van der Waals surface area contributed by atoms with Crippen molar-refractivity contribution in [3.63, 3.8) is 0 Å². The van der Waals surface area contributed by atoms with Crippen molar-refractivity contribution >= 4 is 23.1 Å². The Kier molecular flexibility index (Phi) is 6.26. The quantitative estimate of drug-likeness (QED) is 0.545. The van der Waals surface area contributed by atoms with E-state index in [9.17, 15) is 22.8 Å². The van der Waals surface area contributed by atoms with E-state index in [4.69, 9.17) is 9.15 Å². The van der Waals surface area contributed by atoms with E-state index in [-0.39, 0.29) is 18.7 Å². The van der Waals surface area contributed by atoms with Crippen LogP contribution < -0.4 is 5.32 Å². The Morgan fingerprint density at radius 1 is 1.24 bits per heavy atom. The van der Waals surface area contributed by atoms with Crippen LogP contribution in [0.4, 0.5) is 18.0 Å². The lowest BCUT2D eigenvalue weighted by molar-refractivity contribution is -0.142. The number of fused-ring (bicyclic) bond motifs is 1. The van der Waals surface area contributed by atoms with E-state index in [2.05, 4.69) is 10.3 Å². The number of rotatable bonds is 5. The van der Waals surface area contributed by atoms with Crippen LogP contribution in [-0.2, 0) is 15.7 Å². The largest absolute Gasteiger partial charge is 0.465 e. The summed E-state index contributed by atoms with van der Waals surface area (Å²) in [5.74, 6) is -0.231. The lowest BCUT2D eigenvalue weighted by atomic mass is 9.99. The molecule has 0 saturated carbocycles. The molecule has 7 nitrogen and oxygen atoms in total. The van der Waals surface area contributed by atoms with Crippen molar-refractivity contribution in [3.05, 3.63) is 53.9 Å². The molecule has 1 atom stereocenters. The van der Waals surface area contributed by atoms with Gasteiger partial charge < -0.3 is 19.4 Å². The van der Waals surface area contributed by atoms with Crippen LogP contribution in [0.1, 0.15) is 37.3 Å². The van der Waals surface area contributed by atoms with Crippen molar-refractivity contribution in [2.24, 2.45) is 0 Å². The Hall–Kier alpha value is -3.56. The van der Waals surface area contributed by atoms with Crippen molar-refractivity contribution in [1.82, 2.24) is 15.2 Å². The maximum Gasteiger partial charge on any atom is 0.417 e. The highest BCUT2D eigenvalue weighted by molar-refractivity contribution is 5.83. The third kappa shape index (κ3) is 4.79. The normalized spacial score (nSPS) is 16.2. The summed E-state index contributed by atoms with van der Waals surface area (Å²) in [6.45, 7) is 2.11. The zero-order chi connectivity index (χ0) is 23.6. The van der Waals surface area contributed by atoms with Crippen molar-refractivity contribution < 1.29 is 31.9 Å². The van der Waals surface area contributed by atoms with E-state index in [0.29, 0.717) is 35.5 Å². The average molecular weight is 461 g/mol. The molecule has 1 fully saturated rings. The summed E-state index contributed by atoms with van der Waals surface area (Å²) in [6, 6.07) is 9.16. The Morgan fingerprint density at radius 3 is 2.79 bits per heavy atom. The standard InChI is InChI=1S/C23H22F3N3O4/c1-2-32-20(30)13-27-22(31)29-11-5-8-18(29)21-28-17-12-14(9-10-19(17)33-21)15-6-3-4-7-16(15)23(24,25)26/h3-4,6-7,9-10,12,18H,2,5,8,11,13H2,1H3,(H,27,31)/t18-/m1/s1. The van der Waals surface area contributed by atoms with Crippen LogP contribution in [0.25, 0.3) is 22.2 Å². The Morgan fingerprint density at radius 2 is 2.03 bits per heavy atom. The number of halogens is 3. The summed E-state index contributed by atoms with van der Waals surface area (Å²) < 4.78 is 50.9. The molecule has 0 spiro atoms. The molecule has 4 rings (SSSR count). The Labute approximate surface area is 187 Å². The zero-order valence-corrected chi connectivity index (χ0v) is 17.8. The number of alkyl halides is 3. The minimum Gasteiger partial charge on any atom is -0.465 e. The predicted octanol–water partition coefficient (Wildman–Crippen LogP) is 4.92. The molecule has 1 aromatic heterocycles. The van der Waals surface area contributed by atoms with Crippen LogP contribution in [0.5, 0.6) is 0 Å². The van der Waals surface area contributed by atoms with E-state index in [0.717, 1.165) is 12.5 Å². The number of hydrogen-bond acceptors (Lipinski definition) is 5. The van der Waals surface area contributed by atoms with Gasteiger partial charge in [0.2, 0.25) is 5.89 Å². The highest BCUT2D eigenvalue weighted by Crippen LogP contribution is 2.38. The number of hydrogen-bond donors (Lipinski definition) is 1. The van der Waals surface area contributed by atoms with Gasteiger partial charge in [0.15, 0.2) is 5.58 Å². The Bertz CT molecular complexity index is 1180. The molecule has 1 aliphatic heterocycles. The van der Waals surface area contributed by atoms with Gasteiger partial charge in [-0.15, -0.1) is 0 Å². The maximum atomic E-state index is 13.4. The van der Waals surface area contributed by atoms with E-state index in [1.54, 1.807) is 31.2 Å². The fourth-order valence-electron chi connectivity index (χ4n) is 3.97. The second-order valence-corrected chi connectivity index (χ2v) is 7.59. The lowest BCUT2D eigenvalue weighted by Gasteiger charge is -2.22. The molecule has 0 aliphatic carbocycles. The van der Waals surface area contributed by atoms with Gasteiger partial charge >= 0.3 is 18.2 Å². The van der Waals surface area contributed by atoms with Crippen LogP contribution in [0, 0.1) is 0 Å². The molecular weight excluding hydrogens is 439 g/mol. The molecule has 33 heavy (non-hydrogen) atoms. The minimum atomic E-state index is -4.48. The number of nitrogens with zero attached hydrogens (tertiary/aromatic N) is 2. The zero-order valence-electron chi connectivity index (χ0n) is 17.8. The molecule has 10 heteroatoms. The first-order valence-corrected chi connectivity index (χ1v) is 10.5. The van der Waals surface area contributed by atoms with Gasteiger partial charge in [-0.1, -0.05) is 24.3 Å². The smallest absolute Gasteiger partial charge is 0.417 e. The number of nitrogens with one attached hydrogen (secondary N) is 1. The summed E-state index contributed by atoms with van der Waals surface area (Å²) in [7, 11) is 0. The molecule has 1 aliphatic rings. The molecule has 2 aromatic carbocycles. The summed E-state index contributed by atoms with van der Waals surface area (Å²) in [6.07, 6.45) is -3.15. The predicted molar refractivity (Wildman–Crippen MR) is 113 cm³/mol. The van der Waals surface area contributed by atoms with Crippen molar-refractivity contribution in [3.8, 4) is 11.1 Å². The number of likely N-dealkylation sites (tertiary alicyclic amines) is 1. The lowest BCUT2D eigenvalue weighted by Crippen LogP contribution is -2.42. The number of oxazole rings is 1. The molecule has 0 bridgehead atoms. The highest BCUT2D eigenvalue weighted by Gasteiger charge is 2.35. The van der Waals surface area contributed by atoms with Gasteiger partial charge in [0.25, 0.3) is 0 Å². The van der Waals surface area contributed by atoms with Gasteiger partial charge in [-0.25, -0.2) is 9.78 Å². The molecule has 0 radical (unpaired) electrons. The molecular formula is C23H22F3N3O4. The fraction of sp³-hybridized carbons (Fsp3) is 0.348. The first kappa shape index (κ1) is 22.6. The summed E-state index contributed by atoms with van der Waals surface area (Å²) in [5, 5.41) is 2.53. The SMILES string of the molecule is CCOC(=O)CNC(=O)N1CCC[C@@H]1c1nc2cc(-c3ccccc3C(F)(F)F)ccc2o1. The minimum absolute atomic E-state index is 0.0530. The molecule has 174 valence electrons. The number of amides is 2. The first-order chi connectivity index (χ1) is 15.8. The molecule has 0 unspecified atom stereocenters. The molecule has 3 aromatic rings. The van der Waals surface area contributed by atoms with Gasteiger partial charge in [-0.2, -0.15) is 13.2 Å². The van der Waals surface area contributed by atoms with Gasteiger partial charge in [-0.05, 0) is 49.1 Å². The number of carbonyl (C=O) groups is 2. The Balaban J connectivity index is 1.58. The molecule has 2 heterocycles. The van der Waals surface area contributed by atoms with Gasteiger partial charge in [0.05, 0.1) is 12.2 Å². The van der Waals surface area contributed by atoms with Crippen molar-refractivity contribution in [2.45, 2.75) is 32.0 Å². The molecule has 1 N–H and O–H groups in total. The van der Waals surface area contributed by atoms with E-state index >= 15 is 0 Å². The second-order valence-electron chi connectivity index (χ2n) is 7.59. The molecule has 1 saturated heterocycles. The summed E-state index contributed by atoms with van der Waals surface area (Å²) in [5.41, 5.74) is 0.506. The van der Waals surface area contributed by atoms with E-state index in [1.165, 1.54) is 17.0 Å². The summed E-state index contributed by atoms with van der Waals surface area (Å²) in [4.78, 5) is 30.1. The number of aromatic nitrogens is 1.